The van der Waals surface area contributed by atoms with Crippen LogP contribution in [-0.4, -0.2) is 15.3 Å². The van der Waals surface area contributed by atoms with E-state index in [-0.39, 0.29) is 0 Å². The summed E-state index contributed by atoms with van der Waals surface area (Å²) in [6, 6.07) is 3.94. The topological polar surface area (TPSA) is 58.0 Å². The van der Waals surface area contributed by atoms with E-state index in [9.17, 15) is 5.11 Å². The highest BCUT2D eigenvalue weighted by Crippen LogP contribution is 2.23. The average Bonchev–Trinajstić information content (AvgIpc) is 2.75. The summed E-state index contributed by atoms with van der Waals surface area (Å²) >= 11 is 1.47. The second-order valence-corrected chi connectivity index (χ2v) is 4.51. The SMILES string of the molecule is Cc1cc(CNc2nncs2)cc(C)c1O. The van der Waals surface area contributed by atoms with Crippen LogP contribution in [0, 0.1) is 13.8 Å². The number of anilines is 1. The third-order valence-electron chi connectivity index (χ3n) is 2.35. The number of phenols is 1. The van der Waals surface area contributed by atoms with Crippen molar-refractivity contribution >= 4 is 16.5 Å². The smallest absolute Gasteiger partial charge is 0.205 e. The fourth-order valence-electron chi connectivity index (χ4n) is 1.58. The van der Waals surface area contributed by atoms with E-state index in [1.165, 1.54) is 11.3 Å². The van der Waals surface area contributed by atoms with E-state index in [1.807, 2.05) is 26.0 Å². The first-order valence-electron chi connectivity index (χ1n) is 4.96. The zero-order valence-electron chi connectivity index (χ0n) is 9.19. The highest BCUT2D eigenvalue weighted by atomic mass is 32.1. The van der Waals surface area contributed by atoms with Gasteiger partial charge >= 0.3 is 0 Å². The van der Waals surface area contributed by atoms with Gasteiger partial charge in [-0.15, -0.1) is 10.2 Å². The molecule has 2 aromatic rings. The lowest BCUT2D eigenvalue weighted by molar-refractivity contribution is 0.466. The maximum atomic E-state index is 9.64. The van der Waals surface area contributed by atoms with Crippen molar-refractivity contribution in [2.45, 2.75) is 20.4 Å². The number of hydrogen-bond acceptors (Lipinski definition) is 5. The van der Waals surface area contributed by atoms with Crippen molar-refractivity contribution in [3.05, 3.63) is 34.3 Å². The molecular formula is C11H13N3OS. The molecule has 84 valence electrons. The Hall–Kier alpha value is -1.62. The number of nitrogens with one attached hydrogen (secondary N) is 1. The van der Waals surface area contributed by atoms with Gasteiger partial charge in [0.05, 0.1) is 0 Å². The number of aromatic hydroxyl groups is 1. The van der Waals surface area contributed by atoms with E-state index < -0.39 is 0 Å². The minimum absolute atomic E-state index is 0.375. The molecule has 1 aromatic carbocycles. The molecule has 0 spiro atoms. The summed E-state index contributed by atoms with van der Waals surface area (Å²) in [5, 5.41) is 21.3. The van der Waals surface area contributed by atoms with Gasteiger partial charge in [-0.3, -0.25) is 0 Å². The Bertz CT molecular complexity index is 459. The van der Waals surface area contributed by atoms with Crippen LogP contribution in [-0.2, 0) is 6.54 Å². The fraction of sp³-hybridized carbons (Fsp3) is 0.273. The number of benzene rings is 1. The number of hydrogen-bond donors (Lipinski definition) is 2. The Labute approximate surface area is 98.0 Å². The van der Waals surface area contributed by atoms with Gasteiger partial charge in [-0.25, -0.2) is 0 Å². The third-order valence-corrected chi connectivity index (χ3v) is 3.00. The van der Waals surface area contributed by atoms with E-state index >= 15 is 0 Å². The maximum absolute atomic E-state index is 9.64. The minimum Gasteiger partial charge on any atom is -0.507 e. The molecule has 0 saturated carbocycles. The first-order chi connectivity index (χ1) is 7.66. The molecule has 1 aromatic heterocycles. The Morgan fingerprint density at radius 1 is 1.31 bits per heavy atom. The summed E-state index contributed by atoms with van der Waals surface area (Å²) in [6.45, 7) is 4.49. The quantitative estimate of drug-likeness (QED) is 0.858. The van der Waals surface area contributed by atoms with Crippen molar-refractivity contribution in [3.8, 4) is 5.75 Å². The Balaban J connectivity index is 2.10. The van der Waals surface area contributed by atoms with E-state index in [2.05, 4.69) is 15.5 Å². The Kier molecular flexibility index (Phi) is 3.05. The molecule has 0 fully saturated rings. The Morgan fingerprint density at radius 3 is 2.56 bits per heavy atom. The molecule has 0 aliphatic carbocycles. The van der Waals surface area contributed by atoms with Crippen LogP contribution in [0.3, 0.4) is 0 Å². The Morgan fingerprint density at radius 2 is 2.00 bits per heavy atom. The summed E-state index contributed by atoms with van der Waals surface area (Å²) in [4.78, 5) is 0. The van der Waals surface area contributed by atoms with E-state index in [4.69, 9.17) is 0 Å². The van der Waals surface area contributed by atoms with Crippen molar-refractivity contribution < 1.29 is 5.11 Å². The van der Waals surface area contributed by atoms with Crippen molar-refractivity contribution in [1.82, 2.24) is 10.2 Å². The highest BCUT2D eigenvalue weighted by molar-refractivity contribution is 7.13. The van der Waals surface area contributed by atoms with Crippen molar-refractivity contribution in [2.24, 2.45) is 0 Å². The molecule has 0 atom stereocenters. The molecule has 1 heterocycles. The van der Waals surface area contributed by atoms with Crippen LogP contribution >= 0.6 is 11.3 Å². The van der Waals surface area contributed by atoms with Crippen LogP contribution in [0.4, 0.5) is 5.13 Å². The largest absolute Gasteiger partial charge is 0.507 e. The predicted octanol–water partition coefficient (Wildman–Crippen LogP) is 2.47. The van der Waals surface area contributed by atoms with Crippen molar-refractivity contribution in [3.63, 3.8) is 0 Å². The molecule has 2 rings (SSSR count). The van der Waals surface area contributed by atoms with Crippen LogP contribution < -0.4 is 5.32 Å². The molecule has 0 saturated heterocycles. The van der Waals surface area contributed by atoms with Crippen LogP contribution in [0.5, 0.6) is 5.75 Å². The normalized spacial score (nSPS) is 10.4. The first kappa shape index (κ1) is 10.9. The molecule has 0 radical (unpaired) electrons. The third kappa shape index (κ3) is 2.30. The first-order valence-corrected chi connectivity index (χ1v) is 5.84. The number of nitrogens with zero attached hydrogens (tertiary/aromatic N) is 2. The van der Waals surface area contributed by atoms with Gasteiger partial charge in [0.1, 0.15) is 11.3 Å². The molecule has 0 bridgehead atoms. The molecule has 4 nitrogen and oxygen atoms in total. The molecule has 0 aliphatic heterocycles. The molecular weight excluding hydrogens is 222 g/mol. The lowest BCUT2D eigenvalue weighted by Gasteiger charge is -2.08. The van der Waals surface area contributed by atoms with Gasteiger partial charge in [0.2, 0.25) is 5.13 Å². The van der Waals surface area contributed by atoms with Gasteiger partial charge in [-0.1, -0.05) is 23.5 Å². The number of phenolic OH excluding ortho intramolecular Hbond substituents is 1. The number of rotatable bonds is 3. The van der Waals surface area contributed by atoms with E-state index in [0.29, 0.717) is 12.3 Å². The molecule has 16 heavy (non-hydrogen) atoms. The van der Waals surface area contributed by atoms with Crippen LogP contribution in [0.15, 0.2) is 17.6 Å². The molecule has 0 amide bonds. The summed E-state index contributed by atoms with van der Waals surface area (Å²) < 4.78 is 0. The second-order valence-electron chi connectivity index (χ2n) is 3.68. The standard InChI is InChI=1S/C11H13N3OS/c1-7-3-9(4-8(2)10(7)15)5-12-11-14-13-6-16-11/h3-4,6,15H,5H2,1-2H3,(H,12,14). The fourth-order valence-corrected chi connectivity index (χ4v) is 2.02. The molecule has 0 aliphatic rings. The van der Waals surface area contributed by atoms with Crippen LogP contribution in [0.2, 0.25) is 0 Å². The lowest BCUT2D eigenvalue weighted by atomic mass is 10.1. The molecule has 5 heteroatoms. The zero-order chi connectivity index (χ0) is 11.5. The van der Waals surface area contributed by atoms with Gasteiger partial charge in [0, 0.05) is 6.54 Å². The second kappa shape index (κ2) is 4.49. The molecule has 2 N–H and O–H groups in total. The van der Waals surface area contributed by atoms with Crippen LogP contribution in [0.1, 0.15) is 16.7 Å². The predicted molar refractivity (Wildman–Crippen MR) is 64.8 cm³/mol. The zero-order valence-corrected chi connectivity index (χ0v) is 10.0. The summed E-state index contributed by atoms with van der Waals surface area (Å²) in [5.41, 5.74) is 4.61. The monoisotopic (exact) mass is 235 g/mol. The number of aromatic nitrogens is 2. The van der Waals surface area contributed by atoms with Crippen LogP contribution in [0.25, 0.3) is 0 Å². The minimum atomic E-state index is 0.375. The van der Waals surface area contributed by atoms with Gasteiger partial charge < -0.3 is 10.4 Å². The van der Waals surface area contributed by atoms with Gasteiger partial charge in [-0.2, -0.15) is 0 Å². The van der Waals surface area contributed by atoms with Gasteiger partial charge in [0.25, 0.3) is 0 Å². The summed E-state index contributed by atoms with van der Waals surface area (Å²) in [5.74, 6) is 0.375. The summed E-state index contributed by atoms with van der Waals surface area (Å²) in [7, 11) is 0. The van der Waals surface area contributed by atoms with E-state index in [1.54, 1.807) is 5.51 Å². The lowest BCUT2D eigenvalue weighted by Crippen LogP contribution is -2.00. The van der Waals surface area contributed by atoms with E-state index in [0.717, 1.165) is 21.8 Å². The highest BCUT2D eigenvalue weighted by Gasteiger charge is 2.03. The summed E-state index contributed by atoms with van der Waals surface area (Å²) in [6.07, 6.45) is 0. The van der Waals surface area contributed by atoms with Crippen molar-refractivity contribution in [1.29, 1.82) is 0 Å². The maximum Gasteiger partial charge on any atom is 0.205 e. The van der Waals surface area contributed by atoms with Gasteiger partial charge in [-0.05, 0) is 30.5 Å². The average molecular weight is 235 g/mol. The van der Waals surface area contributed by atoms with Gasteiger partial charge in [0.15, 0.2) is 0 Å². The number of aryl methyl sites for hydroxylation is 2. The van der Waals surface area contributed by atoms with Crippen molar-refractivity contribution in [2.75, 3.05) is 5.32 Å². The molecule has 0 unspecified atom stereocenters.